The molecule has 0 saturated carbocycles. The maximum atomic E-state index is 11.5. The SMILES string of the molecule is CCCC(C)N(C)c1nc(C)c(C(=O)OC)s1. The van der Waals surface area contributed by atoms with Crippen LogP contribution in [-0.4, -0.2) is 31.2 Å². The fraction of sp³-hybridized carbons (Fsp3) is 0.667. The van der Waals surface area contributed by atoms with Crippen molar-refractivity contribution >= 4 is 22.4 Å². The van der Waals surface area contributed by atoms with Gasteiger partial charge in [-0.15, -0.1) is 0 Å². The largest absolute Gasteiger partial charge is 0.465 e. The molecule has 0 bridgehead atoms. The fourth-order valence-corrected chi connectivity index (χ4v) is 2.66. The molecule has 0 aliphatic rings. The Kier molecular flexibility index (Phi) is 4.93. The number of thiazole rings is 1. The van der Waals surface area contributed by atoms with Gasteiger partial charge >= 0.3 is 5.97 Å². The molecule has 1 aromatic rings. The highest BCUT2D eigenvalue weighted by Crippen LogP contribution is 2.27. The molecule has 0 amide bonds. The highest BCUT2D eigenvalue weighted by Gasteiger charge is 2.19. The first-order valence-corrected chi connectivity index (χ1v) is 6.61. The summed E-state index contributed by atoms with van der Waals surface area (Å²) in [7, 11) is 3.41. The monoisotopic (exact) mass is 256 g/mol. The number of anilines is 1. The van der Waals surface area contributed by atoms with E-state index in [4.69, 9.17) is 4.74 Å². The lowest BCUT2D eigenvalue weighted by Gasteiger charge is -2.23. The third kappa shape index (κ3) is 3.19. The minimum absolute atomic E-state index is 0.303. The number of carbonyl (C=O) groups excluding carboxylic acids is 1. The number of aryl methyl sites for hydroxylation is 1. The van der Waals surface area contributed by atoms with Gasteiger partial charge in [-0.1, -0.05) is 24.7 Å². The number of methoxy groups -OCH3 is 1. The van der Waals surface area contributed by atoms with Crippen molar-refractivity contribution in [2.75, 3.05) is 19.1 Å². The van der Waals surface area contributed by atoms with Crippen molar-refractivity contribution in [1.29, 1.82) is 0 Å². The quantitative estimate of drug-likeness (QED) is 0.760. The normalized spacial score (nSPS) is 12.3. The molecule has 17 heavy (non-hydrogen) atoms. The van der Waals surface area contributed by atoms with Gasteiger partial charge in [0, 0.05) is 13.1 Å². The van der Waals surface area contributed by atoms with Crippen LogP contribution in [0.15, 0.2) is 0 Å². The van der Waals surface area contributed by atoms with Crippen LogP contribution in [0.3, 0.4) is 0 Å². The van der Waals surface area contributed by atoms with E-state index in [0.717, 1.165) is 23.7 Å². The molecule has 96 valence electrons. The predicted octanol–water partition coefficient (Wildman–Crippen LogP) is 2.86. The molecule has 0 spiro atoms. The van der Waals surface area contributed by atoms with Gasteiger partial charge in [-0.05, 0) is 20.3 Å². The van der Waals surface area contributed by atoms with Gasteiger partial charge in [0.25, 0.3) is 0 Å². The molecule has 4 nitrogen and oxygen atoms in total. The number of rotatable bonds is 5. The molecule has 0 radical (unpaired) electrons. The standard InChI is InChI=1S/C12H20N2O2S/c1-6-7-8(2)14(4)12-13-9(3)10(17-12)11(15)16-5/h8H,6-7H2,1-5H3. The molecular weight excluding hydrogens is 236 g/mol. The van der Waals surface area contributed by atoms with E-state index in [1.54, 1.807) is 0 Å². The maximum absolute atomic E-state index is 11.5. The molecule has 0 aromatic carbocycles. The fourth-order valence-electron chi connectivity index (χ4n) is 1.62. The molecule has 5 heteroatoms. The number of carbonyl (C=O) groups is 1. The van der Waals surface area contributed by atoms with Gasteiger partial charge in [0.2, 0.25) is 0 Å². The second kappa shape index (κ2) is 6.00. The van der Waals surface area contributed by atoms with Crippen molar-refractivity contribution in [3.05, 3.63) is 10.6 Å². The Hall–Kier alpha value is -1.10. The van der Waals surface area contributed by atoms with E-state index < -0.39 is 0 Å². The van der Waals surface area contributed by atoms with E-state index in [-0.39, 0.29) is 5.97 Å². The van der Waals surface area contributed by atoms with E-state index >= 15 is 0 Å². The van der Waals surface area contributed by atoms with Crippen LogP contribution in [0.5, 0.6) is 0 Å². The molecule has 0 fully saturated rings. The first-order chi connectivity index (χ1) is 8.01. The van der Waals surface area contributed by atoms with Gasteiger partial charge in [0.05, 0.1) is 12.8 Å². The maximum Gasteiger partial charge on any atom is 0.350 e. The topological polar surface area (TPSA) is 42.4 Å². The summed E-state index contributed by atoms with van der Waals surface area (Å²) in [5.41, 5.74) is 0.743. The first kappa shape index (κ1) is 14.0. The van der Waals surface area contributed by atoms with E-state index in [2.05, 4.69) is 23.7 Å². The zero-order chi connectivity index (χ0) is 13.0. The summed E-state index contributed by atoms with van der Waals surface area (Å²) in [5, 5.41) is 0.879. The average molecular weight is 256 g/mol. The van der Waals surface area contributed by atoms with E-state index in [0.29, 0.717) is 10.9 Å². The summed E-state index contributed by atoms with van der Waals surface area (Å²) in [4.78, 5) is 18.6. The van der Waals surface area contributed by atoms with Crippen LogP contribution in [0.2, 0.25) is 0 Å². The van der Waals surface area contributed by atoms with E-state index in [1.165, 1.54) is 18.4 Å². The van der Waals surface area contributed by atoms with Gasteiger partial charge in [-0.25, -0.2) is 9.78 Å². The Labute approximate surface area is 107 Å². The summed E-state index contributed by atoms with van der Waals surface area (Å²) in [6, 6.07) is 0.427. The zero-order valence-corrected chi connectivity index (χ0v) is 11.9. The Morgan fingerprint density at radius 2 is 2.24 bits per heavy atom. The predicted molar refractivity (Wildman–Crippen MR) is 71.0 cm³/mol. The zero-order valence-electron chi connectivity index (χ0n) is 11.1. The highest BCUT2D eigenvalue weighted by atomic mass is 32.1. The number of esters is 1. The summed E-state index contributed by atoms with van der Waals surface area (Å²) in [6.07, 6.45) is 2.25. The van der Waals surface area contributed by atoms with Crippen molar-refractivity contribution in [3.8, 4) is 0 Å². The van der Waals surface area contributed by atoms with Gasteiger partial charge in [-0.3, -0.25) is 0 Å². The molecular formula is C12H20N2O2S. The van der Waals surface area contributed by atoms with Crippen molar-refractivity contribution in [1.82, 2.24) is 4.98 Å². The number of hydrogen-bond donors (Lipinski definition) is 0. The second-order valence-corrected chi connectivity index (χ2v) is 5.13. The number of aromatic nitrogens is 1. The van der Waals surface area contributed by atoms with Crippen LogP contribution in [0.25, 0.3) is 0 Å². The Balaban J connectivity index is 2.89. The lowest BCUT2D eigenvalue weighted by Crippen LogP contribution is -2.28. The van der Waals surface area contributed by atoms with Crippen LogP contribution in [-0.2, 0) is 4.74 Å². The molecule has 1 heterocycles. The number of ether oxygens (including phenoxy) is 1. The average Bonchev–Trinajstić information content (AvgIpc) is 2.69. The third-order valence-electron chi connectivity index (χ3n) is 2.83. The highest BCUT2D eigenvalue weighted by molar-refractivity contribution is 7.17. The molecule has 0 saturated heterocycles. The summed E-state index contributed by atoms with van der Waals surface area (Å²) in [6.45, 7) is 6.17. The molecule has 1 aromatic heterocycles. The van der Waals surface area contributed by atoms with Crippen LogP contribution in [0.4, 0.5) is 5.13 Å². The van der Waals surface area contributed by atoms with Crippen molar-refractivity contribution in [3.63, 3.8) is 0 Å². The van der Waals surface area contributed by atoms with Crippen LogP contribution < -0.4 is 4.90 Å². The van der Waals surface area contributed by atoms with Crippen molar-refractivity contribution in [2.24, 2.45) is 0 Å². The van der Waals surface area contributed by atoms with Gasteiger partial charge in [0.15, 0.2) is 5.13 Å². The third-order valence-corrected chi connectivity index (χ3v) is 4.05. The molecule has 1 rings (SSSR count). The lowest BCUT2D eigenvalue weighted by molar-refractivity contribution is 0.0605. The smallest absolute Gasteiger partial charge is 0.350 e. The van der Waals surface area contributed by atoms with Crippen LogP contribution in [0, 0.1) is 6.92 Å². The van der Waals surface area contributed by atoms with Gasteiger partial charge < -0.3 is 9.64 Å². The van der Waals surface area contributed by atoms with E-state index in [9.17, 15) is 4.79 Å². The summed E-state index contributed by atoms with van der Waals surface area (Å²) >= 11 is 1.39. The number of hydrogen-bond acceptors (Lipinski definition) is 5. The lowest BCUT2D eigenvalue weighted by atomic mass is 10.2. The second-order valence-electron chi connectivity index (χ2n) is 4.15. The Morgan fingerprint density at radius 3 is 2.76 bits per heavy atom. The Morgan fingerprint density at radius 1 is 1.59 bits per heavy atom. The molecule has 1 unspecified atom stereocenters. The minimum Gasteiger partial charge on any atom is -0.465 e. The molecule has 0 aliphatic carbocycles. The van der Waals surface area contributed by atoms with Crippen molar-refractivity contribution < 1.29 is 9.53 Å². The summed E-state index contributed by atoms with van der Waals surface area (Å²) in [5.74, 6) is -0.303. The summed E-state index contributed by atoms with van der Waals surface area (Å²) < 4.78 is 4.73. The van der Waals surface area contributed by atoms with E-state index in [1.807, 2.05) is 14.0 Å². The van der Waals surface area contributed by atoms with Gasteiger partial charge in [0.1, 0.15) is 4.88 Å². The molecule has 1 atom stereocenters. The molecule has 0 aliphatic heterocycles. The van der Waals surface area contributed by atoms with Gasteiger partial charge in [-0.2, -0.15) is 0 Å². The van der Waals surface area contributed by atoms with Crippen molar-refractivity contribution in [2.45, 2.75) is 39.7 Å². The first-order valence-electron chi connectivity index (χ1n) is 5.79. The van der Waals surface area contributed by atoms with Crippen LogP contribution >= 0.6 is 11.3 Å². The Bertz CT molecular complexity index is 390. The minimum atomic E-state index is -0.303. The number of nitrogens with zero attached hydrogens (tertiary/aromatic N) is 2. The molecule has 0 N–H and O–H groups in total. The van der Waals surface area contributed by atoms with Crippen LogP contribution in [0.1, 0.15) is 42.1 Å².